The number of aromatic nitrogens is 2. The SMILES string of the molecule is CC(C)c1cccc(C(C)C)c1-c1cc(Oc2ccc3c4ccccc4n(-c4cc(C(C)(C)C)ccn4)c3c2)cc([N+]2=C=[N+](c3c(-c4ccc(F)cc4)cc(C(C)(C)C)cc3-c3ccc(F)cc3)c3ccccc32)c1. The summed E-state index contributed by atoms with van der Waals surface area (Å²) in [6.45, 7) is 22.3. The summed E-state index contributed by atoms with van der Waals surface area (Å²) >= 11 is 0. The molecule has 2 aromatic heterocycles. The van der Waals surface area contributed by atoms with Gasteiger partial charge in [0.25, 0.3) is 11.4 Å². The molecule has 0 bridgehead atoms. The first-order valence-electron chi connectivity index (χ1n) is 26.0. The quantitative estimate of drug-likeness (QED) is 0.128. The number of fused-ring (bicyclic) bond motifs is 4. The lowest BCUT2D eigenvalue weighted by molar-refractivity contribution is 0.483. The summed E-state index contributed by atoms with van der Waals surface area (Å²) < 4.78 is 43.1. The van der Waals surface area contributed by atoms with Crippen LogP contribution in [-0.4, -0.2) is 15.6 Å². The van der Waals surface area contributed by atoms with Crippen LogP contribution in [0.15, 0.2) is 182 Å². The Hall–Kier alpha value is -8.25. The minimum Gasteiger partial charge on any atom is -0.457 e. The van der Waals surface area contributed by atoms with E-state index in [0.29, 0.717) is 11.5 Å². The zero-order chi connectivity index (χ0) is 52.5. The molecule has 7 heteroatoms. The molecular formula is C68H62F2N4O+2. The smallest absolute Gasteiger partial charge is 0.457 e. The van der Waals surface area contributed by atoms with E-state index in [4.69, 9.17) is 9.72 Å². The molecule has 0 fully saturated rings. The molecule has 0 saturated carbocycles. The lowest BCUT2D eigenvalue weighted by atomic mass is 9.82. The summed E-state index contributed by atoms with van der Waals surface area (Å²) in [5, 5.41) is 2.25. The number of pyridine rings is 1. The van der Waals surface area contributed by atoms with E-state index in [1.165, 1.54) is 46.5 Å². The summed E-state index contributed by atoms with van der Waals surface area (Å²) in [5.74, 6) is 2.06. The van der Waals surface area contributed by atoms with Crippen LogP contribution in [0.25, 0.3) is 61.0 Å². The van der Waals surface area contributed by atoms with Crippen LogP contribution in [0.2, 0.25) is 0 Å². The van der Waals surface area contributed by atoms with E-state index in [-0.39, 0.29) is 34.3 Å². The summed E-state index contributed by atoms with van der Waals surface area (Å²) in [6, 6.07) is 62.3. The second-order valence-electron chi connectivity index (χ2n) is 22.6. The van der Waals surface area contributed by atoms with Crippen LogP contribution in [0.4, 0.5) is 31.5 Å². The van der Waals surface area contributed by atoms with Crippen LogP contribution in [-0.2, 0) is 10.8 Å². The monoisotopic (exact) mass is 988 g/mol. The number of hydrogen-bond acceptors (Lipinski definition) is 2. The van der Waals surface area contributed by atoms with Crippen molar-refractivity contribution in [2.75, 3.05) is 0 Å². The largest absolute Gasteiger partial charge is 0.503 e. The lowest BCUT2D eigenvalue weighted by Crippen LogP contribution is -2.13. The maximum absolute atomic E-state index is 14.7. The molecule has 3 heterocycles. The van der Waals surface area contributed by atoms with Gasteiger partial charge in [-0.25, -0.2) is 13.8 Å². The Morgan fingerprint density at radius 1 is 0.507 bits per heavy atom. The average Bonchev–Trinajstić information content (AvgIpc) is 3.98. The minimum absolute atomic E-state index is 0.0640. The van der Waals surface area contributed by atoms with Gasteiger partial charge in [-0.3, -0.25) is 4.57 Å². The van der Waals surface area contributed by atoms with Crippen molar-refractivity contribution in [3.8, 4) is 50.7 Å². The Kier molecular flexibility index (Phi) is 12.3. The van der Waals surface area contributed by atoms with E-state index in [9.17, 15) is 8.78 Å². The number of para-hydroxylation sites is 3. The molecule has 0 unspecified atom stereocenters. The molecule has 1 aliphatic rings. The Labute approximate surface area is 439 Å². The predicted octanol–water partition coefficient (Wildman–Crippen LogP) is 18.9. The van der Waals surface area contributed by atoms with Crippen molar-refractivity contribution >= 4 is 50.6 Å². The molecule has 0 amide bonds. The fourth-order valence-corrected chi connectivity index (χ4v) is 10.6. The van der Waals surface area contributed by atoms with Gasteiger partial charge in [0.1, 0.15) is 29.0 Å². The van der Waals surface area contributed by atoms with E-state index in [1.807, 2.05) is 42.6 Å². The maximum atomic E-state index is 14.7. The average molecular weight is 989 g/mol. The Bertz CT molecular complexity index is 3840. The van der Waals surface area contributed by atoms with Crippen molar-refractivity contribution in [2.24, 2.45) is 0 Å². The highest BCUT2D eigenvalue weighted by molar-refractivity contribution is 6.09. The molecule has 0 saturated heterocycles. The van der Waals surface area contributed by atoms with Crippen LogP contribution in [0.5, 0.6) is 11.5 Å². The van der Waals surface area contributed by atoms with Gasteiger partial charge in [-0.05, 0) is 149 Å². The summed E-state index contributed by atoms with van der Waals surface area (Å²) in [7, 11) is 0. The lowest BCUT2D eigenvalue weighted by Gasteiger charge is -2.22. The number of hydrogen-bond donors (Lipinski definition) is 0. The second-order valence-corrected chi connectivity index (χ2v) is 22.6. The molecule has 11 rings (SSSR count). The third-order valence-electron chi connectivity index (χ3n) is 14.6. The van der Waals surface area contributed by atoms with Crippen LogP contribution in [0.3, 0.4) is 0 Å². The van der Waals surface area contributed by atoms with E-state index in [0.717, 1.165) is 83.8 Å². The van der Waals surface area contributed by atoms with Crippen molar-refractivity contribution in [1.29, 1.82) is 0 Å². The van der Waals surface area contributed by atoms with Crippen LogP contribution < -0.4 is 13.9 Å². The zero-order valence-electron chi connectivity index (χ0n) is 44.4. The molecular weight excluding hydrogens is 927 g/mol. The van der Waals surface area contributed by atoms with E-state index in [1.54, 1.807) is 0 Å². The number of nitrogens with zero attached hydrogens (tertiary/aromatic N) is 4. The second kappa shape index (κ2) is 18.9. The van der Waals surface area contributed by atoms with Gasteiger partial charge in [0.2, 0.25) is 11.4 Å². The Balaban J connectivity index is 1.17. The third-order valence-corrected chi connectivity index (χ3v) is 14.6. The van der Waals surface area contributed by atoms with E-state index in [2.05, 4.69) is 204 Å². The molecule has 0 radical (unpaired) electrons. The molecule has 75 heavy (non-hydrogen) atoms. The van der Waals surface area contributed by atoms with Crippen molar-refractivity contribution in [3.63, 3.8) is 0 Å². The van der Waals surface area contributed by atoms with Gasteiger partial charge < -0.3 is 4.74 Å². The van der Waals surface area contributed by atoms with E-state index >= 15 is 0 Å². The number of ether oxygens (including phenoxy) is 1. The van der Waals surface area contributed by atoms with Gasteiger partial charge >= 0.3 is 6.01 Å². The summed E-state index contributed by atoms with van der Waals surface area (Å²) in [6.07, 6.45) is 1.91. The van der Waals surface area contributed by atoms with Gasteiger partial charge in [0.05, 0.1) is 28.2 Å². The molecule has 0 N–H and O–H groups in total. The predicted molar refractivity (Wildman–Crippen MR) is 308 cm³/mol. The molecule has 5 nitrogen and oxygen atoms in total. The fourth-order valence-electron chi connectivity index (χ4n) is 10.6. The summed E-state index contributed by atoms with van der Waals surface area (Å²) in [5.41, 5.74) is 15.7. The van der Waals surface area contributed by atoms with E-state index < -0.39 is 0 Å². The zero-order valence-corrected chi connectivity index (χ0v) is 44.4. The molecule has 0 spiro atoms. The molecule has 1 aliphatic heterocycles. The highest BCUT2D eigenvalue weighted by atomic mass is 19.1. The van der Waals surface area contributed by atoms with Crippen molar-refractivity contribution < 1.29 is 13.5 Å². The van der Waals surface area contributed by atoms with Crippen LogP contribution in [0, 0.1) is 11.6 Å². The molecule has 0 atom stereocenters. The normalized spacial score (nSPS) is 12.7. The van der Waals surface area contributed by atoms with Gasteiger partial charge in [0, 0.05) is 41.2 Å². The summed E-state index contributed by atoms with van der Waals surface area (Å²) in [4.78, 5) is 4.94. The van der Waals surface area contributed by atoms with Crippen LogP contribution in [0.1, 0.15) is 103 Å². The van der Waals surface area contributed by atoms with Crippen molar-refractivity contribution in [1.82, 2.24) is 18.7 Å². The van der Waals surface area contributed by atoms with Crippen molar-refractivity contribution in [2.45, 2.75) is 91.9 Å². The molecule has 10 aromatic rings. The Morgan fingerprint density at radius 3 is 1.68 bits per heavy atom. The van der Waals surface area contributed by atoms with Crippen LogP contribution >= 0.6 is 0 Å². The topological polar surface area (TPSA) is 33.1 Å². The van der Waals surface area contributed by atoms with Gasteiger partial charge in [-0.15, -0.1) is 0 Å². The fraction of sp³-hybridized carbons (Fsp3) is 0.206. The van der Waals surface area contributed by atoms with Crippen molar-refractivity contribution in [3.05, 3.63) is 216 Å². The molecule has 0 aliphatic carbocycles. The Morgan fingerprint density at radius 2 is 1.08 bits per heavy atom. The highest BCUT2D eigenvalue weighted by Gasteiger charge is 2.40. The van der Waals surface area contributed by atoms with Gasteiger partial charge in [-0.1, -0.05) is 142 Å². The molecule has 8 aromatic carbocycles. The maximum Gasteiger partial charge on any atom is 0.503 e. The highest BCUT2D eigenvalue weighted by Crippen LogP contribution is 2.48. The first-order chi connectivity index (χ1) is 35.9. The van der Waals surface area contributed by atoms with Gasteiger partial charge in [-0.2, -0.15) is 0 Å². The first-order valence-corrected chi connectivity index (χ1v) is 26.0. The minimum atomic E-state index is -0.315. The number of benzene rings is 8. The molecule has 372 valence electrons. The first kappa shape index (κ1) is 49.0. The third kappa shape index (κ3) is 9.17. The number of rotatable bonds is 10. The standard InChI is InChI=1S/C68H62F2N4O/c1-42(2)54-17-15-18-55(43(3)4)65(54)46-34-51(39-53(35-46)75-52-30-31-57-56-16-11-12-19-60(56)74(63(57)40-52)64-38-47(32-33-71-64)67(5,6)7)72-41-73(62-21-14-13-20-61(62)72)66-58(44-22-26-49(69)27-23-44)36-48(68(8,9)10)37-59(66)45-24-28-50(70)29-25-45/h11-40,42-43H,1-10H3/q+2. The van der Waals surface area contributed by atoms with Gasteiger partial charge in [0.15, 0.2) is 0 Å². The number of halogens is 2.